The second-order valence-electron chi connectivity index (χ2n) is 11.0. The number of fused-ring (bicyclic) bond motifs is 4. The Kier molecular flexibility index (Phi) is 6.90. The number of hydrazine groups is 1. The number of nitrogens with zero attached hydrogens (tertiary/aromatic N) is 3. The Morgan fingerprint density at radius 1 is 1.03 bits per heavy atom. The van der Waals surface area contributed by atoms with Gasteiger partial charge in [0.2, 0.25) is 5.91 Å². The van der Waals surface area contributed by atoms with Gasteiger partial charge in [-0.1, -0.05) is 30.3 Å². The molecule has 1 aromatic rings. The molecule has 4 saturated heterocycles. The average molecular weight is 502 g/mol. The molecule has 5 unspecified atom stereocenters. The van der Waals surface area contributed by atoms with E-state index < -0.39 is 5.60 Å². The Labute approximate surface area is 210 Å². The molecule has 36 heavy (non-hydrogen) atoms. The number of ether oxygens (including phenoxy) is 2. The number of benzene rings is 1. The van der Waals surface area contributed by atoms with Crippen LogP contribution in [0.3, 0.4) is 0 Å². The fourth-order valence-corrected chi connectivity index (χ4v) is 5.09. The zero-order valence-corrected chi connectivity index (χ0v) is 21.0. The van der Waals surface area contributed by atoms with Crippen LogP contribution in [0.25, 0.3) is 0 Å². The molecule has 5 atom stereocenters. The van der Waals surface area contributed by atoms with Crippen molar-refractivity contribution >= 4 is 17.9 Å². The van der Waals surface area contributed by atoms with E-state index in [2.05, 4.69) is 15.8 Å². The maximum atomic E-state index is 12.9. The largest absolute Gasteiger partial charge is 0.444 e. The predicted octanol–water partition coefficient (Wildman–Crippen LogP) is 1.35. The third-order valence-corrected chi connectivity index (χ3v) is 6.91. The highest BCUT2D eigenvalue weighted by molar-refractivity contribution is 5.85. The Bertz CT molecular complexity index is 979. The van der Waals surface area contributed by atoms with E-state index in [4.69, 9.17) is 14.3 Å². The van der Waals surface area contributed by atoms with Crippen LogP contribution in [0.5, 0.6) is 0 Å². The molecule has 0 aliphatic carbocycles. The SMILES string of the molecule is CC(C)(C)OC(=O)N1CC(CC(=O)NNC(=O)C2CCC3CN2C2OC2N3OCc2ccccc2)C1. The number of piperazine rings is 1. The molecule has 196 valence electrons. The molecule has 11 heteroatoms. The van der Waals surface area contributed by atoms with Crippen LogP contribution in [0.1, 0.15) is 45.6 Å². The van der Waals surface area contributed by atoms with Crippen molar-refractivity contribution in [3.63, 3.8) is 0 Å². The van der Waals surface area contributed by atoms with Crippen molar-refractivity contribution in [1.29, 1.82) is 0 Å². The van der Waals surface area contributed by atoms with Crippen molar-refractivity contribution < 1.29 is 28.7 Å². The highest BCUT2D eigenvalue weighted by atomic mass is 16.8. The number of rotatable bonds is 6. The maximum absolute atomic E-state index is 12.9. The van der Waals surface area contributed by atoms with Crippen LogP contribution < -0.4 is 10.9 Å². The Morgan fingerprint density at radius 2 is 1.78 bits per heavy atom. The van der Waals surface area contributed by atoms with Crippen molar-refractivity contribution in [3.8, 4) is 0 Å². The van der Waals surface area contributed by atoms with Crippen molar-refractivity contribution in [2.75, 3.05) is 19.6 Å². The summed E-state index contributed by atoms with van der Waals surface area (Å²) in [6.07, 6.45) is 0.956. The van der Waals surface area contributed by atoms with E-state index in [0.29, 0.717) is 32.7 Å². The first-order valence-corrected chi connectivity index (χ1v) is 12.6. The molecule has 3 amide bonds. The summed E-state index contributed by atoms with van der Waals surface area (Å²) in [7, 11) is 0. The Morgan fingerprint density at radius 3 is 2.50 bits per heavy atom. The Hall–Kier alpha value is -2.73. The zero-order valence-electron chi connectivity index (χ0n) is 21.0. The molecular weight excluding hydrogens is 466 g/mol. The number of piperidine rings is 1. The van der Waals surface area contributed by atoms with Crippen LogP contribution in [0.2, 0.25) is 0 Å². The number of carbonyl (C=O) groups is 3. The van der Waals surface area contributed by atoms with E-state index in [1.165, 1.54) is 0 Å². The first-order valence-electron chi connectivity index (χ1n) is 12.6. The van der Waals surface area contributed by atoms with Gasteiger partial charge in [-0.15, -0.1) is 0 Å². The quantitative estimate of drug-likeness (QED) is 0.443. The summed E-state index contributed by atoms with van der Waals surface area (Å²) < 4.78 is 11.2. The van der Waals surface area contributed by atoms with Gasteiger partial charge in [-0.3, -0.25) is 30.2 Å². The van der Waals surface area contributed by atoms with Gasteiger partial charge in [0, 0.05) is 32.0 Å². The summed E-state index contributed by atoms with van der Waals surface area (Å²) in [6.45, 7) is 7.55. The molecule has 1 aromatic carbocycles. The average Bonchev–Trinajstić information content (AvgIpc) is 3.60. The van der Waals surface area contributed by atoms with Gasteiger partial charge in [0.25, 0.3) is 5.91 Å². The molecule has 4 fully saturated rings. The topological polar surface area (TPSA) is 116 Å². The number of likely N-dealkylation sites (tertiary alicyclic amines) is 1. The third-order valence-electron chi connectivity index (χ3n) is 6.91. The van der Waals surface area contributed by atoms with Gasteiger partial charge in [0.15, 0.2) is 12.5 Å². The van der Waals surface area contributed by atoms with Crippen molar-refractivity contribution in [2.24, 2.45) is 5.92 Å². The highest BCUT2D eigenvalue weighted by Gasteiger charge is 2.59. The Balaban J connectivity index is 1.03. The van der Waals surface area contributed by atoms with E-state index in [1.807, 2.05) is 56.2 Å². The van der Waals surface area contributed by atoms with Gasteiger partial charge in [0.1, 0.15) is 5.60 Å². The normalized spacial score (nSPS) is 29.5. The van der Waals surface area contributed by atoms with Gasteiger partial charge >= 0.3 is 6.09 Å². The van der Waals surface area contributed by atoms with Crippen LogP contribution in [0.4, 0.5) is 4.79 Å². The van der Waals surface area contributed by atoms with E-state index in [0.717, 1.165) is 12.0 Å². The van der Waals surface area contributed by atoms with Gasteiger partial charge < -0.3 is 14.4 Å². The van der Waals surface area contributed by atoms with E-state index in [1.54, 1.807) is 4.90 Å². The van der Waals surface area contributed by atoms with Crippen molar-refractivity contribution in [2.45, 2.75) is 76.8 Å². The van der Waals surface area contributed by atoms with Crippen LogP contribution in [0.15, 0.2) is 30.3 Å². The minimum atomic E-state index is -0.545. The van der Waals surface area contributed by atoms with Crippen LogP contribution in [-0.2, 0) is 30.5 Å². The summed E-state index contributed by atoms with van der Waals surface area (Å²) in [5.41, 5.74) is 5.67. The number of hydrogen-bond acceptors (Lipinski definition) is 8. The third kappa shape index (κ3) is 5.64. The molecule has 5 rings (SSSR count). The maximum Gasteiger partial charge on any atom is 0.410 e. The second kappa shape index (κ2) is 9.97. The van der Waals surface area contributed by atoms with Gasteiger partial charge in [-0.25, -0.2) is 4.79 Å². The smallest absolute Gasteiger partial charge is 0.410 e. The molecule has 2 N–H and O–H groups in total. The lowest BCUT2D eigenvalue weighted by atomic mass is 9.95. The minimum Gasteiger partial charge on any atom is -0.444 e. The number of nitrogens with one attached hydrogen (secondary N) is 2. The lowest BCUT2D eigenvalue weighted by Crippen LogP contribution is -2.63. The second-order valence-corrected chi connectivity index (χ2v) is 11.0. The molecule has 0 spiro atoms. The number of carbonyl (C=O) groups excluding carboxylic acids is 3. The minimum absolute atomic E-state index is 0.0504. The van der Waals surface area contributed by atoms with Gasteiger partial charge in [-0.2, -0.15) is 5.06 Å². The number of amides is 3. The van der Waals surface area contributed by atoms with E-state index in [-0.39, 0.29) is 54.8 Å². The molecular formula is C25H35N5O6. The highest BCUT2D eigenvalue weighted by Crippen LogP contribution is 2.42. The summed E-state index contributed by atoms with van der Waals surface area (Å²) in [5.74, 6) is -0.460. The fraction of sp³-hybridized carbons (Fsp3) is 0.640. The number of epoxide rings is 1. The molecule has 0 radical (unpaired) electrons. The first kappa shape index (κ1) is 24.9. The molecule has 4 aliphatic rings. The summed E-state index contributed by atoms with van der Waals surface area (Å²) in [4.78, 5) is 46.9. The molecule has 0 saturated carbocycles. The standard InChI is InChI=1S/C25H35N5O6/c1-25(2,3)36-24(33)28-12-17(13-28)11-20(31)26-27-21(32)19-10-9-18-14-29(19)22-23(35-22)30(18)34-15-16-7-5-4-6-8-16/h4-8,17-19,22-23H,9-15H2,1-3H3,(H,26,31)(H,27,32). The summed E-state index contributed by atoms with van der Waals surface area (Å²) >= 11 is 0. The van der Waals surface area contributed by atoms with E-state index in [9.17, 15) is 14.4 Å². The van der Waals surface area contributed by atoms with Gasteiger partial charge in [0.05, 0.1) is 18.7 Å². The molecule has 4 aliphatic heterocycles. The summed E-state index contributed by atoms with van der Waals surface area (Å²) in [6, 6.07) is 9.80. The summed E-state index contributed by atoms with van der Waals surface area (Å²) in [5, 5.41) is 1.95. The molecule has 2 bridgehead atoms. The molecule has 0 aromatic heterocycles. The first-order chi connectivity index (χ1) is 17.2. The van der Waals surface area contributed by atoms with E-state index >= 15 is 0 Å². The van der Waals surface area contributed by atoms with Crippen LogP contribution >= 0.6 is 0 Å². The number of hydrogen-bond donors (Lipinski definition) is 2. The van der Waals surface area contributed by atoms with Crippen molar-refractivity contribution in [1.82, 2.24) is 25.7 Å². The molecule has 11 nitrogen and oxygen atoms in total. The fourth-order valence-electron chi connectivity index (χ4n) is 5.09. The lowest BCUT2D eigenvalue weighted by Gasteiger charge is -2.44. The van der Waals surface area contributed by atoms with Crippen molar-refractivity contribution in [3.05, 3.63) is 35.9 Å². The lowest BCUT2D eigenvalue weighted by molar-refractivity contribution is -0.239. The number of hydroxylamine groups is 2. The predicted molar refractivity (Wildman–Crippen MR) is 127 cm³/mol. The van der Waals surface area contributed by atoms with Crippen LogP contribution in [-0.4, -0.2) is 82.5 Å². The molecule has 4 heterocycles. The van der Waals surface area contributed by atoms with Crippen LogP contribution in [0, 0.1) is 5.92 Å². The monoisotopic (exact) mass is 501 g/mol. The van der Waals surface area contributed by atoms with Gasteiger partial charge in [-0.05, 0) is 39.2 Å². The zero-order chi connectivity index (χ0) is 25.4.